The zero-order valence-corrected chi connectivity index (χ0v) is 12.5. The Balaban J connectivity index is 1.74. The number of aliphatic carboxylic acids is 1. The molecule has 5 heteroatoms. The summed E-state index contributed by atoms with van der Waals surface area (Å²) in [5.41, 5.74) is 0.344. The largest absolute Gasteiger partial charge is 0.481 e. The zero-order valence-electron chi connectivity index (χ0n) is 12.5. The summed E-state index contributed by atoms with van der Waals surface area (Å²) in [6.07, 6.45) is 5.00. The minimum absolute atomic E-state index is 0.0271. The molecule has 114 valence electrons. The van der Waals surface area contributed by atoms with Crippen LogP contribution in [0.1, 0.15) is 52.4 Å². The number of nitrogens with zero attached hydrogens (tertiary/aromatic N) is 1. The predicted octanol–water partition coefficient (Wildman–Crippen LogP) is 2.46. The van der Waals surface area contributed by atoms with Crippen molar-refractivity contribution >= 4 is 12.0 Å². The fourth-order valence-corrected chi connectivity index (χ4v) is 3.07. The van der Waals surface area contributed by atoms with E-state index in [2.05, 4.69) is 19.2 Å². The standard InChI is InChI=1S/C15H26N2O3/c1-15(2)7-9-17(10-8-15)14(20)16-12-5-3-11(4-6-12)13(18)19/h11-12H,3-10H2,1-2H3,(H,16,20)(H,18,19). The second-order valence-electron chi connectivity index (χ2n) is 6.99. The van der Waals surface area contributed by atoms with Crippen LogP contribution in [0.15, 0.2) is 0 Å². The summed E-state index contributed by atoms with van der Waals surface area (Å²) in [6.45, 7) is 6.14. The van der Waals surface area contributed by atoms with Gasteiger partial charge in [0.1, 0.15) is 0 Å². The summed E-state index contributed by atoms with van der Waals surface area (Å²) < 4.78 is 0. The first kappa shape index (κ1) is 15.1. The van der Waals surface area contributed by atoms with Gasteiger partial charge in [0.25, 0.3) is 0 Å². The molecule has 0 atom stereocenters. The van der Waals surface area contributed by atoms with Gasteiger partial charge in [-0.15, -0.1) is 0 Å². The molecule has 0 aromatic carbocycles. The molecule has 1 heterocycles. The Hall–Kier alpha value is -1.26. The van der Waals surface area contributed by atoms with Crippen LogP contribution in [0.25, 0.3) is 0 Å². The first-order valence-corrected chi connectivity index (χ1v) is 7.66. The third-order valence-corrected chi connectivity index (χ3v) is 4.81. The summed E-state index contributed by atoms with van der Waals surface area (Å²) in [5.74, 6) is -0.924. The number of hydrogen-bond acceptors (Lipinski definition) is 2. The first-order valence-electron chi connectivity index (χ1n) is 7.66. The minimum Gasteiger partial charge on any atom is -0.481 e. The molecule has 0 bridgehead atoms. The predicted molar refractivity (Wildman–Crippen MR) is 76.5 cm³/mol. The van der Waals surface area contributed by atoms with Crippen molar-refractivity contribution in [1.82, 2.24) is 10.2 Å². The van der Waals surface area contributed by atoms with Gasteiger partial charge >= 0.3 is 12.0 Å². The van der Waals surface area contributed by atoms with Gasteiger partial charge in [-0.1, -0.05) is 13.8 Å². The highest BCUT2D eigenvalue weighted by Crippen LogP contribution is 2.30. The van der Waals surface area contributed by atoms with Crippen LogP contribution in [0, 0.1) is 11.3 Å². The number of hydrogen-bond donors (Lipinski definition) is 2. The maximum absolute atomic E-state index is 12.2. The molecule has 2 amide bonds. The number of carbonyl (C=O) groups excluding carboxylic acids is 1. The summed E-state index contributed by atoms with van der Waals surface area (Å²) in [5, 5.41) is 12.0. The number of rotatable bonds is 2. The number of carboxylic acid groups (broad SMARTS) is 1. The van der Waals surface area contributed by atoms with Crippen molar-refractivity contribution in [2.75, 3.05) is 13.1 Å². The van der Waals surface area contributed by atoms with Gasteiger partial charge in [-0.2, -0.15) is 0 Å². The summed E-state index contributed by atoms with van der Waals surface area (Å²) >= 11 is 0. The van der Waals surface area contributed by atoms with Crippen LogP contribution >= 0.6 is 0 Å². The topological polar surface area (TPSA) is 69.6 Å². The highest BCUT2D eigenvalue weighted by Gasteiger charge is 2.30. The second-order valence-corrected chi connectivity index (χ2v) is 6.99. The van der Waals surface area contributed by atoms with Gasteiger partial charge in [-0.3, -0.25) is 4.79 Å². The van der Waals surface area contributed by atoms with E-state index in [0.29, 0.717) is 18.3 Å². The summed E-state index contributed by atoms with van der Waals surface area (Å²) in [7, 11) is 0. The lowest BCUT2D eigenvalue weighted by atomic mass is 9.83. The lowest BCUT2D eigenvalue weighted by Crippen LogP contribution is -2.49. The maximum Gasteiger partial charge on any atom is 0.317 e. The maximum atomic E-state index is 12.2. The highest BCUT2D eigenvalue weighted by atomic mass is 16.4. The number of nitrogens with one attached hydrogen (secondary N) is 1. The monoisotopic (exact) mass is 282 g/mol. The third kappa shape index (κ3) is 3.87. The highest BCUT2D eigenvalue weighted by molar-refractivity contribution is 5.74. The lowest BCUT2D eigenvalue weighted by molar-refractivity contribution is -0.142. The Morgan fingerprint density at radius 2 is 1.65 bits per heavy atom. The van der Waals surface area contributed by atoms with E-state index in [0.717, 1.165) is 38.8 Å². The lowest BCUT2D eigenvalue weighted by Gasteiger charge is -2.38. The Morgan fingerprint density at radius 3 is 2.15 bits per heavy atom. The zero-order chi connectivity index (χ0) is 14.8. The van der Waals surface area contributed by atoms with Crippen LogP contribution in [-0.2, 0) is 4.79 Å². The Bertz CT molecular complexity index is 363. The van der Waals surface area contributed by atoms with Gasteiger partial charge in [-0.05, 0) is 43.9 Å². The molecule has 2 aliphatic rings. The Kier molecular flexibility index (Phi) is 4.55. The van der Waals surface area contributed by atoms with E-state index >= 15 is 0 Å². The van der Waals surface area contributed by atoms with Crippen molar-refractivity contribution in [3.8, 4) is 0 Å². The third-order valence-electron chi connectivity index (χ3n) is 4.81. The molecular formula is C15H26N2O3. The van der Waals surface area contributed by atoms with Gasteiger partial charge in [-0.25, -0.2) is 4.79 Å². The van der Waals surface area contributed by atoms with Crippen molar-refractivity contribution in [3.63, 3.8) is 0 Å². The normalized spacial score (nSPS) is 29.8. The SMILES string of the molecule is CC1(C)CCN(C(=O)NC2CCC(C(=O)O)CC2)CC1. The van der Waals surface area contributed by atoms with Gasteiger partial charge in [0.2, 0.25) is 0 Å². The Labute approximate surface area is 120 Å². The van der Waals surface area contributed by atoms with Gasteiger partial charge in [0.15, 0.2) is 0 Å². The van der Waals surface area contributed by atoms with E-state index in [1.807, 2.05) is 4.90 Å². The fourth-order valence-electron chi connectivity index (χ4n) is 3.07. The second kappa shape index (κ2) is 6.02. The molecular weight excluding hydrogens is 256 g/mol. The van der Waals surface area contributed by atoms with Crippen molar-refractivity contribution < 1.29 is 14.7 Å². The average Bonchev–Trinajstić information content (AvgIpc) is 2.39. The number of amides is 2. The molecule has 20 heavy (non-hydrogen) atoms. The van der Waals surface area contributed by atoms with Gasteiger partial charge in [0.05, 0.1) is 5.92 Å². The van der Waals surface area contributed by atoms with Crippen molar-refractivity contribution in [3.05, 3.63) is 0 Å². The number of carboxylic acids is 1. The van der Waals surface area contributed by atoms with E-state index in [1.54, 1.807) is 0 Å². The molecule has 2 fully saturated rings. The molecule has 2 rings (SSSR count). The molecule has 2 N–H and O–H groups in total. The molecule has 1 aliphatic heterocycles. The number of carbonyl (C=O) groups is 2. The summed E-state index contributed by atoms with van der Waals surface area (Å²) in [6, 6.07) is 0.173. The van der Waals surface area contributed by atoms with E-state index in [1.165, 1.54) is 0 Å². The molecule has 5 nitrogen and oxygen atoms in total. The number of urea groups is 1. The van der Waals surface area contributed by atoms with Crippen molar-refractivity contribution in [2.45, 2.75) is 58.4 Å². The molecule has 0 radical (unpaired) electrons. The minimum atomic E-state index is -0.701. The smallest absolute Gasteiger partial charge is 0.317 e. The van der Waals surface area contributed by atoms with Crippen molar-refractivity contribution in [2.24, 2.45) is 11.3 Å². The first-order chi connectivity index (χ1) is 9.37. The summed E-state index contributed by atoms with van der Waals surface area (Å²) in [4.78, 5) is 25.0. The molecule has 0 unspecified atom stereocenters. The van der Waals surface area contributed by atoms with E-state index in [9.17, 15) is 9.59 Å². The van der Waals surface area contributed by atoms with Crippen LogP contribution in [-0.4, -0.2) is 41.1 Å². The van der Waals surface area contributed by atoms with E-state index in [4.69, 9.17) is 5.11 Å². The van der Waals surface area contributed by atoms with Crippen LogP contribution in [0.2, 0.25) is 0 Å². The number of likely N-dealkylation sites (tertiary alicyclic amines) is 1. The Morgan fingerprint density at radius 1 is 1.10 bits per heavy atom. The van der Waals surface area contributed by atoms with Gasteiger partial charge < -0.3 is 15.3 Å². The molecule has 0 aromatic heterocycles. The fraction of sp³-hybridized carbons (Fsp3) is 0.867. The van der Waals surface area contributed by atoms with E-state index < -0.39 is 5.97 Å². The van der Waals surface area contributed by atoms with Gasteiger partial charge in [0, 0.05) is 19.1 Å². The van der Waals surface area contributed by atoms with Crippen LogP contribution in [0.5, 0.6) is 0 Å². The van der Waals surface area contributed by atoms with Crippen LogP contribution in [0.3, 0.4) is 0 Å². The van der Waals surface area contributed by atoms with E-state index in [-0.39, 0.29) is 18.0 Å². The van der Waals surface area contributed by atoms with Crippen LogP contribution in [0.4, 0.5) is 4.79 Å². The molecule has 1 saturated carbocycles. The quantitative estimate of drug-likeness (QED) is 0.817. The molecule has 1 saturated heterocycles. The van der Waals surface area contributed by atoms with Crippen LogP contribution < -0.4 is 5.32 Å². The number of piperidine rings is 1. The molecule has 1 aliphatic carbocycles. The van der Waals surface area contributed by atoms with Crippen molar-refractivity contribution in [1.29, 1.82) is 0 Å². The molecule has 0 spiro atoms. The molecule has 0 aromatic rings. The average molecular weight is 282 g/mol.